The molecule has 236 valence electrons. The van der Waals surface area contributed by atoms with Gasteiger partial charge >= 0.3 is 6.03 Å². The molecule has 1 heterocycles. The Bertz CT molecular complexity index is 1080. The van der Waals surface area contributed by atoms with E-state index in [4.69, 9.17) is 5.73 Å². The average Bonchev–Trinajstić information content (AvgIpc) is 3.32. The lowest BCUT2D eigenvalue weighted by Gasteiger charge is -2.36. The zero-order valence-corrected chi connectivity index (χ0v) is 26.5. The van der Waals surface area contributed by atoms with Crippen LogP contribution in [0.1, 0.15) is 86.6 Å². The molecule has 0 aromatic heterocycles. The molecular weight excluding hydrogens is 538 g/mol. The number of phenols is 1. The third-order valence-corrected chi connectivity index (χ3v) is 7.46. The summed E-state index contributed by atoms with van der Waals surface area (Å²) in [4.78, 5) is 59.7. The molecule has 2 rings (SSSR count). The molecule has 1 saturated heterocycles. The Morgan fingerprint density at radius 2 is 1.76 bits per heavy atom. The van der Waals surface area contributed by atoms with E-state index in [1.165, 1.54) is 0 Å². The van der Waals surface area contributed by atoms with Gasteiger partial charge in [-0.25, -0.2) is 4.79 Å². The number of carbonyl (C=O) groups excluding carboxylic acids is 5. The maximum atomic E-state index is 13.1. The highest BCUT2D eigenvalue weighted by molar-refractivity contribution is 6.37. The van der Waals surface area contributed by atoms with Crippen molar-refractivity contribution >= 4 is 30.0 Å². The van der Waals surface area contributed by atoms with E-state index in [0.29, 0.717) is 19.3 Å². The summed E-state index contributed by atoms with van der Waals surface area (Å²) in [6.45, 7) is 16.4. The number of para-hydroxylation sites is 1. The minimum atomic E-state index is -1.01. The molecule has 0 spiro atoms. The number of benzene rings is 1. The summed E-state index contributed by atoms with van der Waals surface area (Å²) in [5.41, 5.74) is 4.61. The van der Waals surface area contributed by atoms with Crippen LogP contribution in [-0.4, -0.2) is 70.3 Å². The number of ketones is 1. The molecule has 42 heavy (non-hydrogen) atoms. The zero-order chi connectivity index (χ0) is 32.3. The number of amides is 5. The van der Waals surface area contributed by atoms with Gasteiger partial charge in [0.25, 0.3) is 5.91 Å². The summed E-state index contributed by atoms with van der Waals surface area (Å²) in [5, 5.41) is 18.2. The molecular formula is C31H51N5O6. The maximum Gasteiger partial charge on any atom is 0.315 e. The van der Waals surface area contributed by atoms with Crippen molar-refractivity contribution in [2.75, 3.05) is 6.54 Å². The second-order valence-electron chi connectivity index (χ2n) is 12.9. The molecule has 1 aliphatic heterocycles. The van der Waals surface area contributed by atoms with Crippen molar-refractivity contribution in [3.05, 3.63) is 29.8 Å². The van der Waals surface area contributed by atoms with Crippen molar-refractivity contribution in [3.8, 4) is 5.75 Å². The van der Waals surface area contributed by atoms with Crippen LogP contribution in [0, 0.1) is 11.3 Å². The Labute approximate surface area is 250 Å². The van der Waals surface area contributed by atoms with Crippen molar-refractivity contribution < 1.29 is 29.1 Å². The van der Waals surface area contributed by atoms with E-state index in [0.717, 1.165) is 31.4 Å². The van der Waals surface area contributed by atoms with Crippen LogP contribution >= 0.6 is 0 Å². The minimum Gasteiger partial charge on any atom is -0.508 e. The topological polar surface area (TPSA) is 171 Å². The molecule has 0 aliphatic carbocycles. The predicted octanol–water partition coefficient (Wildman–Crippen LogP) is 3.03. The number of hydrogen-bond donors (Lipinski definition) is 5. The molecule has 1 aromatic carbocycles. The molecule has 6 N–H and O–H groups in total. The van der Waals surface area contributed by atoms with Crippen molar-refractivity contribution in [2.24, 2.45) is 17.1 Å². The van der Waals surface area contributed by atoms with Crippen LogP contribution in [0.25, 0.3) is 0 Å². The number of aromatic hydroxyl groups is 1. The Morgan fingerprint density at radius 3 is 2.24 bits per heavy atom. The Balaban J connectivity index is 0.000000532. The van der Waals surface area contributed by atoms with Crippen LogP contribution < -0.4 is 21.7 Å². The van der Waals surface area contributed by atoms with Gasteiger partial charge in [-0.2, -0.15) is 0 Å². The van der Waals surface area contributed by atoms with E-state index in [9.17, 15) is 29.1 Å². The fourth-order valence-electron chi connectivity index (χ4n) is 4.80. The average molecular weight is 590 g/mol. The fourth-order valence-corrected chi connectivity index (χ4v) is 4.80. The van der Waals surface area contributed by atoms with E-state index in [-0.39, 0.29) is 29.6 Å². The highest BCUT2D eigenvalue weighted by atomic mass is 16.3. The quantitative estimate of drug-likeness (QED) is 0.185. The summed E-state index contributed by atoms with van der Waals surface area (Å²) in [6, 6.07) is 5.56. The van der Waals surface area contributed by atoms with E-state index in [2.05, 4.69) is 22.9 Å². The molecule has 1 aliphatic rings. The molecule has 0 radical (unpaired) electrons. The number of urea groups is 1. The van der Waals surface area contributed by atoms with Crippen LogP contribution in [0.15, 0.2) is 24.3 Å². The summed E-state index contributed by atoms with van der Waals surface area (Å²) in [7, 11) is 0. The summed E-state index contributed by atoms with van der Waals surface area (Å²) in [5.74, 6) is -1.30. The van der Waals surface area contributed by atoms with Gasteiger partial charge in [0.2, 0.25) is 18.1 Å². The van der Waals surface area contributed by atoms with E-state index in [1.807, 2.05) is 65.5 Å². The third kappa shape index (κ3) is 11.7. The number of nitrogens with two attached hydrogens (primary N) is 1. The number of likely N-dealkylation sites (tertiary alicyclic amines) is 1. The normalized spacial score (nSPS) is 17.1. The first-order valence-corrected chi connectivity index (χ1v) is 14.6. The number of nitrogens with one attached hydrogen (secondary N) is 3. The third-order valence-electron chi connectivity index (χ3n) is 7.46. The maximum absolute atomic E-state index is 13.1. The number of rotatable bonds is 12. The molecule has 11 heteroatoms. The van der Waals surface area contributed by atoms with Gasteiger partial charge in [0, 0.05) is 18.1 Å². The summed E-state index contributed by atoms with van der Waals surface area (Å²) in [6.07, 6.45) is 4.21. The van der Waals surface area contributed by atoms with Crippen LogP contribution in [-0.2, 0) is 25.6 Å². The van der Waals surface area contributed by atoms with E-state index in [1.54, 1.807) is 12.1 Å². The number of carbonyl (C=O) groups is 5. The number of Topliss-reactive ketones (excluding diaryl/α,β-unsaturated/α-hetero) is 1. The number of primary amides is 1. The molecule has 5 amide bonds. The first-order chi connectivity index (χ1) is 19.4. The SMILES string of the molecule is CC1CCCN1C(=O)C(NC(=O)NC(C)(C)Cc1ccccc1O)C(C)(C)C.CCC(C)CC(NC=O)C(=O)C(N)=O. The molecule has 11 nitrogen and oxygen atoms in total. The second-order valence-corrected chi connectivity index (χ2v) is 12.9. The second kappa shape index (κ2) is 16.1. The van der Waals surface area contributed by atoms with E-state index < -0.39 is 34.7 Å². The molecule has 0 bridgehead atoms. The van der Waals surface area contributed by atoms with Gasteiger partial charge in [-0.05, 0) is 69.4 Å². The standard InChI is InChI=1S/C22H35N3O3.C9H16N2O3/c1-15-10-9-13-25(15)19(27)18(21(2,3)4)23-20(28)24-22(5,6)14-16-11-7-8-12-17(16)26;1-3-6(2)4-7(11-5-12)8(13)9(10)14/h7-8,11-12,15,18,26H,9-10,13-14H2,1-6H3,(H2,23,24,28);5-7H,3-4H2,1-2H3,(H2,10,14)(H,11,12). The van der Waals surface area contributed by atoms with Crippen molar-refractivity contribution in [3.63, 3.8) is 0 Å². The Morgan fingerprint density at radius 1 is 1.14 bits per heavy atom. The molecule has 1 fully saturated rings. The van der Waals surface area contributed by atoms with Crippen LogP contribution in [0.4, 0.5) is 4.79 Å². The summed E-state index contributed by atoms with van der Waals surface area (Å²) >= 11 is 0. The highest BCUT2D eigenvalue weighted by Gasteiger charge is 2.39. The van der Waals surface area contributed by atoms with Gasteiger partial charge in [0.15, 0.2) is 0 Å². The van der Waals surface area contributed by atoms with E-state index >= 15 is 0 Å². The zero-order valence-electron chi connectivity index (χ0n) is 26.5. The van der Waals surface area contributed by atoms with Gasteiger partial charge < -0.3 is 31.7 Å². The molecule has 0 saturated carbocycles. The number of hydrogen-bond acceptors (Lipinski definition) is 6. The van der Waals surface area contributed by atoms with Crippen LogP contribution in [0.5, 0.6) is 5.75 Å². The minimum absolute atomic E-state index is 0.0221. The Hall–Kier alpha value is -3.63. The first-order valence-electron chi connectivity index (χ1n) is 14.6. The van der Waals surface area contributed by atoms with Gasteiger partial charge in [0.1, 0.15) is 11.8 Å². The highest BCUT2D eigenvalue weighted by Crippen LogP contribution is 2.26. The van der Waals surface area contributed by atoms with Gasteiger partial charge in [-0.15, -0.1) is 0 Å². The predicted molar refractivity (Wildman–Crippen MR) is 162 cm³/mol. The lowest BCUT2D eigenvalue weighted by Crippen LogP contribution is -2.59. The first kappa shape index (κ1) is 36.4. The molecule has 1 aromatic rings. The number of phenolic OH excluding ortho intramolecular Hbond substituents is 1. The largest absolute Gasteiger partial charge is 0.508 e. The molecule has 4 atom stereocenters. The lowest BCUT2D eigenvalue weighted by molar-refractivity contribution is -0.137. The van der Waals surface area contributed by atoms with Crippen molar-refractivity contribution in [1.29, 1.82) is 0 Å². The molecule has 4 unspecified atom stereocenters. The van der Waals surface area contributed by atoms with Crippen molar-refractivity contribution in [1.82, 2.24) is 20.9 Å². The van der Waals surface area contributed by atoms with Crippen LogP contribution in [0.3, 0.4) is 0 Å². The van der Waals surface area contributed by atoms with Crippen LogP contribution in [0.2, 0.25) is 0 Å². The number of nitrogens with zero attached hydrogens (tertiary/aromatic N) is 1. The monoisotopic (exact) mass is 589 g/mol. The van der Waals surface area contributed by atoms with Gasteiger partial charge in [0.05, 0.1) is 6.04 Å². The lowest BCUT2D eigenvalue weighted by atomic mass is 9.85. The summed E-state index contributed by atoms with van der Waals surface area (Å²) < 4.78 is 0. The van der Waals surface area contributed by atoms with Crippen molar-refractivity contribution in [2.45, 2.75) is 111 Å². The van der Waals surface area contributed by atoms with Gasteiger partial charge in [-0.3, -0.25) is 19.2 Å². The fraction of sp³-hybridized carbons (Fsp3) is 0.645. The Kier molecular flexibility index (Phi) is 14.0. The van der Waals surface area contributed by atoms with Gasteiger partial charge in [-0.1, -0.05) is 59.2 Å². The smallest absolute Gasteiger partial charge is 0.315 e.